The van der Waals surface area contributed by atoms with Gasteiger partial charge < -0.3 is 0 Å². The van der Waals surface area contributed by atoms with Crippen molar-refractivity contribution < 1.29 is 35.6 Å². The Bertz CT molecular complexity index is 1360. The Morgan fingerprint density at radius 1 is 0.970 bits per heavy atom. The number of fused-ring (bicyclic) bond motifs is 1. The predicted octanol–water partition coefficient (Wildman–Crippen LogP) is 3.84. The Morgan fingerprint density at radius 2 is 1.73 bits per heavy atom. The Morgan fingerprint density at radius 3 is 2.42 bits per heavy atom. The largest absolute Gasteiger partial charge is 0.416 e. The van der Waals surface area contributed by atoms with Crippen LogP contribution in [0.25, 0.3) is 0 Å². The minimum Gasteiger partial charge on any atom is -0.280 e. The zero-order valence-corrected chi connectivity index (χ0v) is 17.2. The van der Waals surface area contributed by atoms with Crippen molar-refractivity contribution in [2.45, 2.75) is 17.6 Å². The van der Waals surface area contributed by atoms with E-state index in [1.807, 2.05) is 4.72 Å². The molecule has 1 aliphatic heterocycles. The van der Waals surface area contributed by atoms with Gasteiger partial charge in [-0.3, -0.25) is 24.2 Å². The zero-order chi connectivity index (χ0) is 24.0. The molecule has 0 saturated carbocycles. The number of aromatic nitrogens is 1. The molecule has 2 aromatic carbocycles. The van der Waals surface area contributed by atoms with Crippen molar-refractivity contribution in [1.82, 2.24) is 9.88 Å². The van der Waals surface area contributed by atoms with Gasteiger partial charge in [0.2, 0.25) is 0 Å². The number of halogens is 4. The Balaban J connectivity index is 1.68. The average molecular weight is 479 g/mol. The summed E-state index contributed by atoms with van der Waals surface area (Å²) in [6.07, 6.45) is -3.38. The Kier molecular flexibility index (Phi) is 5.40. The summed E-state index contributed by atoms with van der Waals surface area (Å²) in [6, 6.07) is 8.98. The molecule has 33 heavy (non-hydrogen) atoms. The van der Waals surface area contributed by atoms with Gasteiger partial charge in [-0.25, -0.2) is 12.8 Å². The van der Waals surface area contributed by atoms with Crippen molar-refractivity contribution in [3.05, 3.63) is 89.0 Å². The first kappa shape index (κ1) is 22.4. The van der Waals surface area contributed by atoms with E-state index < -0.39 is 56.5 Å². The maximum Gasteiger partial charge on any atom is 0.416 e. The zero-order valence-electron chi connectivity index (χ0n) is 16.4. The number of sulfonamides is 1. The van der Waals surface area contributed by atoms with E-state index in [0.29, 0.717) is 12.1 Å². The second kappa shape index (κ2) is 7.96. The van der Waals surface area contributed by atoms with Crippen LogP contribution in [0.4, 0.5) is 23.2 Å². The third-order valence-corrected chi connectivity index (χ3v) is 6.28. The van der Waals surface area contributed by atoms with Gasteiger partial charge in [0, 0.05) is 11.9 Å². The molecular weight excluding hydrogens is 466 g/mol. The number of nitrogens with zero attached hydrogens (tertiary/aromatic N) is 2. The van der Waals surface area contributed by atoms with Crippen LogP contribution in [-0.4, -0.2) is 30.1 Å². The van der Waals surface area contributed by atoms with Gasteiger partial charge in [-0.05, 0) is 48.0 Å². The normalized spacial score (nSPS) is 13.9. The maximum absolute atomic E-state index is 13.9. The fourth-order valence-corrected chi connectivity index (χ4v) is 4.60. The van der Waals surface area contributed by atoms with Gasteiger partial charge in [-0.1, -0.05) is 12.1 Å². The van der Waals surface area contributed by atoms with Gasteiger partial charge in [-0.2, -0.15) is 13.2 Å². The maximum atomic E-state index is 13.9. The number of rotatable bonds is 5. The van der Waals surface area contributed by atoms with Crippen LogP contribution >= 0.6 is 0 Å². The highest BCUT2D eigenvalue weighted by atomic mass is 32.2. The first-order valence-electron chi connectivity index (χ1n) is 9.27. The molecule has 1 N–H and O–H groups in total. The smallest absolute Gasteiger partial charge is 0.280 e. The van der Waals surface area contributed by atoms with Gasteiger partial charge in [0.05, 0.1) is 22.6 Å². The van der Waals surface area contributed by atoms with Gasteiger partial charge in [-0.15, -0.1) is 0 Å². The third kappa shape index (κ3) is 4.29. The molecule has 1 aliphatic rings. The number of anilines is 1. The second-order valence-corrected chi connectivity index (χ2v) is 8.68. The summed E-state index contributed by atoms with van der Waals surface area (Å²) in [7, 11) is -4.59. The van der Waals surface area contributed by atoms with Crippen LogP contribution in [0.2, 0.25) is 0 Å². The van der Waals surface area contributed by atoms with Crippen molar-refractivity contribution >= 4 is 27.5 Å². The summed E-state index contributed by atoms with van der Waals surface area (Å²) >= 11 is 0. The lowest BCUT2D eigenvalue weighted by Gasteiger charge is -2.18. The number of carbonyl (C=O) groups is 2. The van der Waals surface area contributed by atoms with Crippen LogP contribution in [0.1, 0.15) is 32.0 Å². The molecule has 0 radical (unpaired) electrons. The molecule has 0 saturated heterocycles. The summed E-state index contributed by atoms with van der Waals surface area (Å²) in [5.41, 5.74) is -1.66. The first-order chi connectivity index (χ1) is 15.5. The number of pyridine rings is 1. The number of hydrogen-bond acceptors (Lipinski definition) is 5. The van der Waals surface area contributed by atoms with E-state index in [2.05, 4.69) is 4.98 Å². The number of nitrogens with one attached hydrogen (secondary N) is 1. The molecule has 0 unspecified atom stereocenters. The highest BCUT2D eigenvalue weighted by molar-refractivity contribution is 7.92. The lowest BCUT2D eigenvalue weighted by atomic mass is 10.2. The average Bonchev–Trinajstić information content (AvgIpc) is 2.99. The summed E-state index contributed by atoms with van der Waals surface area (Å²) in [4.78, 5) is 29.1. The molecule has 170 valence electrons. The van der Waals surface area contributed by atoms with Gasteiger partial charge in [0.1, 0.15) is 11.5 Å². The highest BCUT2D eigenvalue weighted by Crippen LogP contribution is 2.32. The Labute approximate surface area is 184 Å². The Hall–Kier alpha value is -3.80. The van der Waals surface area contributed by atoms with Crippen LogP contribution in [-0.2, 0) is 22.7 Å². The number of alkyl halides is 3. The van der Waals surface area contributed by atoms with Gasteiger partial charge in [0.15, 0.2) is 0 Å². The second-order valence-electron chi connectivity index (χ2n) is 7.03. The molecule has 0 spiro atoms. The minimum absolute atomic E-state index is 0.0381. The van der Waals surface area contributed by atoms with E-state index in [0.717, 1.165) is 35.2 Å². The van der Waals surface area contributed by atoms with E-state index in [-0.39, 0.29) is 16.8 Å². The molecule has 0 bridgehead atoms. The molecular formula is C21H13F4N3O4S. The van der Waals surface area contributed by atoms with Crippen molar-refractivity contribution in [1.29, 1.82) is 0 Å². The van der Waals surface area contributed by atoms with E-state index in [9.17, 15) is 35.6 Å². The minimum atomic E-state index is -4.70. The monoisotopic (exact) mass is 479 g/mol. The van der Waals surface area contributed by atoms with E-state index >= 15 is 0 Å². The number of benzene rings is 2. The summed E-state index contributed by atoms with van der Waals surface area (Å²) in [5, 5.41) is 0. The number of hydrogen-bond donors (Lipinski definition) is 1. The SMILES string of the molecule is O=C1c2cccnc2C(=O)N1Cc1ccc(F)cc1S(=O)(=O)Nc1cccc(C(F)(F)F)c1. The predicted molar refractivity (Wildman–Crippen MR) is 107 cm³/mol. The molecule has 2 amide bonds. The third-order valence-electron chi connectivity index (χ3n) is 4.82. The lowest BCUT2D eigenvalue weighted by molar-refractivity contribution is -0.137. The van der Waals surface area contributed by atoms with Crippen LogP contribution in [0.3, 0.4) is 0 Å². The lowest BCUT2D eigenvalue weighted by Crippen LogP contribution is -2.30. The summed E-state index contributed by atoms with van der Waals surface area (Å²) in [6.45, 7) is -0.521. The van der Waals surface area contributed by atoms with E-state index in [1.54, 1.807) is 0 Å². The molecule has 0 atom stereocenters. The molecule has 7 nitrogen and oxygen atoms in total. The number of amides is 2. The van der Waals surface area contributed by atoms with E-state index in [1.165, 1.54) is 18.3 Å². The fraction of sp³-hybridized carbons (Fsp3) is 0.0952. The molecule has 2 heterocycles. The van der Waals surface area contributed by atoms with Crippen LogP contribution in [0.15, 0.2) is 65.7 Å². The highest BCUT2D eigenvalue weighted by Gasteiger charge is 2.37. The fourth-order valence-electron chi connectivity index (χ4n) is 3.31. The van der Waals surface area contributed by atoms with Crippen LogP contribution < -0.4 is 4.72 Å². The van der Waals surface area contributed by atoms with E-state index in [4.69, 9.17) is 0 Å². The molecule has 0 fully saturated rings. The molecule has 12 heteroatoms. The molecule has 1 aromatic heterocycles. The van der Waals surface area contributed by atoms with Gasteiger partial charge in [0.25, 0.3) is 21.8 Å². The number of carbonyl (C=O) groups excluding carboxylic acids is 2. The van der Waals surface area contributed by atoms with Crippen molar-refractivity contribution in [2.75, 3.05) is 4.72 Å². The molecule has 3 aromatic rings. The van der Waals surface area contributed by atoms with Crippen molar-refractivity contribution in [2.24, 2.45) is 0 Å². The topological polar surface area (TPSA) is 96.4 Å². The quantitative estimate of drug-likeness (QED) is 0.443. The van der Waals surface area contributed by atoms with Crippen LogP contribution in [0.5, 0.6) is 0 Å². The summed E-state index contributed by atoms with van der Waals surface area (Å²) < 4.78 is 80.6. The molecule has 0 aliphatic carbocycles. The van der Waals surface area contributed by atoms with Crippen LogP contribution in [0, 0.1) is 5.82 Å². The van der Waals surface area contributed by atoms with Crippen molar-refractivity contribution in [3.63, 3.8) is 0 Å². The number of imide groups is 1. The summed E-state index contributed by atoms with van der Waals surface area (Å²) in [5.74, 6) is -2.40. The first-order valence-corrected chi connectivity index (χ1v) is 10.8. The van der Waals surface area contributed by atoms with Gasteiger partial charge >= 0.3 is 6.18 Å². The standard InChI is InChI=1S/C21H13F4N3O4S/c22-14-7-6-12(11-28-19(29)16-5-2-8-26-18(16)20(28)30)17(10-14)33(31,32)27-15-4-1-3-13(9-15)21(23,24)25/h1-10,27H,11H2. The molecule has 4 rings (SSSR count). The van der Waals surface area contributed by atoms with Crippen molar-refractivity contribution in [3.8, 4) is 0 Å².